The maximum absolute atomic E-state index is 13.5. The average molecular weight is 400 g/mol. The number of alkyl halides is 3. The van der Waals surface area contributed by atoms with E-state index in [1.54, 1.807) is 36.2 Å². The summed E-state index contributed by atoms with van der Waals surface area (Å²) in [5.74, 6) is 0.00335. The van der Waals surface area contributed by atoms with Gasteiger partial charge in [0.1, 0.15) is 11.4 Å². The standard InChI is InChI=1S/C18H21ClF3N5/c1-26-9-7-14(8-10-26)27(2)16-15(18(20,21)22)11-23-17(25-16)24-13-5-3-12(19)4-6-13/h3-6,11,14H,7-10H2,1-2H3,(H,23,24,25). The number of halogens is 4. The van der Waals surface area contributed by atoms with Gasteiger partial charge in [-0.1, -0.05) is 11.6 Å². The molecule has 0 bridgehead atoms. The fourth-order valence-corrected chi connectivity index (χ4v) is 3.25. The number of piperidine rings is 1. The van der Waals surface area contributed by atoms with Crippen molar-refractivity contribution in [3.63, 3.8) is 0 Å². The van der Waals surface area contributed by atoms with Gasteiger partial charge < -0.3 is 15.1 Å². The second-order valence-corrected chi connectivity index (χ2v) is 7.14. The van der Waals surface area contributed by atoms with Crippen molar-refractivity contribution in [2.24, 2.45) is 0 Å². The lowest BCUT2D eigenvalue weighted by atomic mass is 10.0. The first-order valence-corrected chi connectivity index (χ1v) is 9.00. The molecule has 0 saturated carbocycles. The van der Waals surface area contributed by atoms with Crippen molar-refractivity contribution in [3.8, 4) is 0 Å². The number of hydrogen-bond acceptors (Lipinski definition) is 5. The fourth-order valence-electron chi connectivity index (χ4n) is 3.12. The molecule has 0 atom stereocenters. The maximum atomic E-state index is 13.5. The first kappa shape index (κ1) is 19.7. The van der Waals surface area contributed by atoms with Crippen molar-refractivity contribution in [3.05, 3.63) is 41.0 Å². The quantitative estimate of drug-likeness (QED) is 0.824. The molecule has 1 N–H and O–H groups in total. The zero-order chi connectivity index (χ0) is 19.6. The first-order chi connectivity index (χ1) is 12.7. The molecule has 0 aliphatic carbocycles. The van der Waals surface area contributed by atoms with Crippen molar-refractivity contribution in [2.45, 2.75) is 25.1 Å². The normalized spacial score (nSPS) is 16.4. The summed E-state index contributed by atoms with van der Waals surface area (Å²) in [5, 5.41) is 3.50. The lowest BCUT2D eigenvalue weighted by Gasteiger charge is -2.36. The first-order valence-electron chi connectivity index (χ1n) is 8.62. The molecule has 0 spiro atoms. The fraction of sp³-hybridized carbons (Fsp3) is 0.444. The highest BCUT2D eigenvalue weighted by Crippen LogP contribution is 2.37. The van der Waals surface area contributed by atoms with Gasteiger partial charge in [-0.05, 0) is 57.2 Å². The highest BCUT2D eigenvalue weighted by atomic mass is 35.5. The number of benzene rings is 1. The second-order valence-electron chi connectivity index (χ2n) is 6.71. The van der Waals surface area contributed by atoms with Crippen LogP contribution in [0.2, 0.25) is 5.02 Å². The number of rotatable bonds is 4. The number of nitrogens with zero attached hydrogens (tertiary/aromatic N) is 4. The molecule has 0 unspecified atom stereocenters. The van der Waals surface area contributed by atoms with E-state index in [0.29, 0.717) is 10.7 Å². The van der Waals surface area contributed by atoms with E-state index < -0.39 is 11.7 Å². The Morgan fingerprint density at radius 1 is 1.19 bits per heavy atom. The van der Waals surface area contributed by atoms with Gasteiger partial charge in [0.15, 0.2) is 0 Å². The number of nitrogens with one attached hydrogen (secondary N) is 1. The predicted molar refractivity (Wildman–Crippen MR) is 101 cm³/mol. The summed E-state index contributed by atoms with van der Waals surface area (Å²) in [6.45, 7) is 1.69. The molecular formula is C18H21ClF3N5. The van der Waals surface area contributed by atoms with Gasteiger partial charge in [0.2, 0.25) is 5.95 Å². The van der Waals surface area contributed by atoms with Gasteiger partial charge in [0, 0.05) is 30.0 Å². The van der Waals surface area contributed by atoms with Crippen LogP contribution in [0.5, 0.6) is 0 Å². The topological polar surface area (TPSA) is 44.3 Å². The molecule has 2 aromatic rings. The molecule has 146 valence electrons. The SMILES string of the molecule is CN1CCC(N(C)c2nc(Nc3ccc(Cl)cc3)ncc2C(F)(F)F)CC1. The third-order valence-corrected chi connectivity index (χ3v) is 5.00. The maximum Gasteiger partial charge on any atom is 0.421 e. The molecule has 3 rings (SSSR count). The summed E-state index contributed by atoms with van der Waals surface area (Å²) in [7, 11) is 3.68. The highest BCUT2D eigenvalue weighted by Gasteiger charge is 2.37. The molecule has 2 heterocycles. The Bertz CT molecular complexity index is 774. The largest absolute Gasteiger partial charge is 0.421 e. The van der Waals surface area contributed by atoms with E-state index in [2.05, 4.69) is 20.2 Å². The van der Waals surface area contributed by atoms with Crippen LogP contribution in [0.4, 0.5) is 30.6 Å². The summed E-state index contributed by atoms with van der Waals surface area (Å²) in [6.07, 6.45) is -2.11. The lowest BCUT2D eigenvalue weighted by Crippen LogP contribution is -2.43. The summed E-state index contributed by atoms with van der Waals surface area (Å²) in [4.78, 5) is 11.8. The zero-order valence-corrected chi connectivity index (χ0v) is 15.8. The molecule has 0 radical (unpaired) electrons. The van der Waals surface area contributed by atoms with Crippen molar-refractivity contribution < 1.29 is 13.2 Å². The van der Waals surface area contributed by atoms with Crippen LogP contribution in [-0.2, 0) is 6.18 Å². The van der Waals surface area contributed by atoms with Crippen LogP contribution >= 0.6 is 11.6 Å². The van der Waals surface area contributed by atoms with Crippen molar-refractivity contribution >= 4 is 29.1 Å². The van der Waals surface area contributed by atoms with Gasteiger partial charge >= 0.3 is 6.18 Å². The number of anilines is 3. The minimum atomic E-state index is -4.52. The van der Waals surface area contributed by atoms with E-state index >= 15 is 0 Å². The Hall–Kier alpha value is -2.06. The van der Waals surface area contributed by atoms with Crippen LogP contribution in [0.1, 0.15) is 18.4 Å². The van der Waals surface area contributed by atoms with Gasteiger partial charge in [0.05, 0.1) is 0 Å². The molecule has 27 heavy (non-hydrogen) atoms. The number of aromatic nitrogens is 2. The molecule has 1 aliphatic rings. The van der Waals surface area contributed by atoms with E-state index in [1.165, 1.54) is 0 Å². The number of likely N-dealkylation sites (tertiary alicyclic amines) is 1. The summed E-state index contributed by atoms with van der Waals surface area (Å²) in [5.41, 5.74) is -0.183. The van der Waals surface area contributed by atoms with Gasteiger partial charge in [0.25, 0.3) is 0 Å². The monoisotopic (exact) mass is 399 g/mol. The van der Waals surface area contributed by atoms with Crippen molar-refractivity contribution in [1.29, 1.82) is 0 Å². The third kappa shape index (κ3) is 4.81. The van der Waals surface area contributed by atoms with Gasteiger partial charge in [-0.2, -0.15) is 18.2 Å². The Labute approximate surface area is 161 Å². The van der Waals surface area contributed by atoms with E-state index in [0.717, 1.165) is 32.1 Å². The van der Waals surface area contributed by atoms with Crippen molar-refractivity contribution in [2.75, 3.05) is 37.4 Å². The summed E-state index contributed by atoms with van der Waals surface area (Å²) in [6, 6.07) is 6.78. The van der Waals surface area contributed by atoms with Crippen molar-refractivity contribution in [1.82, 2.24) is 14.9 Å². The van der Waals surface area contributed by atoms with Crippen LogP contribution in [-0.4, -0.2) is 48.1 Å². The molecule has 1 fully saturated rings. The van der Waals surface area contributed by atoms with Gasteiger partial charge in [-0.3, -0.25) is 0 Å². The average Bonchev–Trinajstić information content (AvgIpc) is 2.63. The Morgan fingerprint density at radius 3 is 2.41 bits per heavy atom. The molecule has 1 aromatic carbocycles. The van der Waals surface area contributed by atoms with Crippen LogP contribution < -0.4 is 10.2 Å². The summed E-state index contributed by atoms with van der Waals surface area (Å²) < 4.78 is 40.5. The minimum Gasteiger partial charge on any atom is -0.356 e. The van der Waals surface area contributed by atoms with Crippen LogP contribution in [0.25, 0.3) is 0 Å². The van der Waals surface area contributed by atoms with E-state index in [9.17, 15) is 13.2 Å². The Kier molecular flexibility index (Phi) is 5.76. The minimum absolute atomic E-state index is 0.000539. The summed E-state index contributed by atoms with van der Waals surface area (Å²) >= 11 is 5.85. The van der Waals surface area contributed by atoms with Gasteiger partial charge in [-0.15, -0.1) is 0 Å². The third-order valence-electron chi connectivity index (χ3n) is 4.74. The lowest BCUT2D eigenvalue weighted by molar-refractivity contribution is -0.137. The molecule has 1 aliphatic heterocycles. The Morgan fingerprint density at radius 2 is 1.81 bits per heavy atom. The molecule has 1 saturated heterocycles. The number of hydrogen-bond donors (Lipinski definition) is 1. The molecule has 1 aromatic heterocycles. The van der Waals surface area contributed by atoms with Crippen LogP contribution in [0, 0.1) is 0 Å². The van der Waals surface area contributed by atoms with E-state index in [-0.39, 0.29) is 17.8 Å². The Balaban J connectivity index is 1.90. The molecule has 5 nitrogen and oxygen atoms in total. The molecule has 9 heteroatoms. The highest BCUT2D eigenvalue weighted by molar-refractivity contribution is 6.30. The molecular weight excluding hydrogens is 379 g/mol. The smallest absolute Gasteiger partial charge is 0.356 e. The van der Waals surface area contributed by atoms with E-state index in [1.807, 2.05) is 7.05 Å². The zero-order valence-electron chi connectivity index (χ0n) is 15.1. The molecule has 0 amide bonds. The van der Waals surface area contributed by atoms with E-state index in [4.69, 9.17) is 11.6 Å². The van der Waals surface area contributed by atoms with Crippen LogP contribution in [0.3, 0.4) is 0 Å². The van der Waals surface area contributed by atoms with Gasteiger partial charge in [-0.25, -0.2) is 4.98 Å². The predicted octanol–water partition coefficient (Wildman–Crippen LogP) is 4.42. The van der Waals surface area contributed by atoms with Crippen LogP contribution in [0.15, 0.2) is 30.5 Å². The second kappa shape index (κ2) is 7.90.